The van der Waals surface area contributed by atoms with Gasteiger partial charge in [0.1, 0.15) is 19.0 Å². The highest BCUT2D eigenvalue weighted by molar-refractivity contribution is 5.84. The minimum Gasteiger partial charge on any atom is -0.299 e. The fraction of sp³-hybridized carbons (Fsp3) is 0.476. The number of carbonyl (C=O) groups is 1. The van der Waals surface area contributed by atoms with Crippen LogP contribution in [0.3, 0.4) is 0 Å². The van der Waals surface area contributed by atoms with E-state index in [-0.39, 0.29) is 11.3 Å². The van der Waals surface area contributed by atoms with Gasteiger partial charge in [0.25, 0.3) is 5.91 Å². The van der Waals surface area contributed by atoms with E-state index < -0.39 is 30.4 Å². The monoisotopic (exact) mass is 452 g/mol. The van der Waals surface area contributed by atoms with E-state index >= 15 is 0 Å². The third-order valence-electron chi connectivity index (χ3n) is 5.93. The molecule has 32 heavy (non-hydrogen) atoms. The summed E-state index contributed by atoms with van der Waals surface area (Å²) in [6, 6.07) is 2.47. The Bertz CT molecular complexity index is 942. The zero-order valence-electron chi connectivity index (χ0n) is 17.3. The van der Waals surface area contributed by atoms with Crippen molar-refractivity contribution in [2.24, 2.45) is 0 Å². The van der Waals surface area contributed by atoms with Gasteiger partial charge in [-0.3, -0.25) is 25.4 Å². The van der Waals surface area contributed by atoms with Gasteiger partial charge in [-0.05, 0) is 43.1 Å². The zero-order chi connectivity index (χ0) is 22.7. The van der Waals surface area contributed by atoms with Gasteiger partial charge in [-0.2, -0.15) is 13.2 Å². The van der Waals surface area contributed by atoms with Gasteiger partial charge in [-0.15, -0.1) is 0 Å². The van der Waals surface area contributed by atoms with Crippen LogP contribution in [-0.2, 0) is 17.6 Å². The molecule has 0 aliphatic carbocycles. The van der Waals surface area contributed by atoms with Gasteiger partial charge in [0.05, 0.1) is 11.3 Å². The van der Waals surface area contributed by atoms with Crippen molar-refractivity contribution in [3.05, 3.63) is 53.6 Å². The standard InChI is InChI=1S/C21H24F4N6O/c22-9-14-6-16(21(23,24)25)8-17(7-14)28-29-20(32)19(15-10-26-13-27-11-15)31-5-4-30-3-1-2-18(30)12-31/h6-8,10-11,13,18-19,28H,1-5,9,12H2,(H,29,32)/t18-,19?/m1/s1. The number of piperazine rings is 1. The van der Waals surface area contributed by atoms with E-state index in [1.54, 1.807) is 12.4 Å². The van der Waals surface area contributed by atoms with Crippen LogP contribution in [0.1, 0.15) is 35.6 Å². The van der Waals surface area contributed by atoms with Crippen molar-refractivity contribution >= 4 is 11.6 Å². The predicted molar refractivity (Wildman–Crippen MR) is 109 cm³/mol. The fourth-order valence-corrected chi connectivity index (χ4v) is 4.44. The van der Waals surface area contributed by atoms with Crippen LogP contribution in [0.2, 0.25) is 0 Å². The molecule has 1 amide bonds. The van der Waals surface area contributed by atoms with Gasteiger partial charge in [0.2, 0.25) is 0 Å². The number of hydrogen-bond donors (Lipinski definition) is 2. The number of alkyl halides is 4. The van der Waals surface area contributed by atoms with Crippen molar-refractivity contribution in [1.82, 2.24) is 25.2 Å². The van der Waals surface area contributed by atoms with Gasteiger partial charge in [-0.1, -0.05) is 0 Å². The molecule has 1 aromatic carbocycles. The Balaban J connectivity index is 1.52. The number of nitrogens with zero attached hydrogens (tertiary/aromatic N) is 4. The van der Waals surface area contributed by atoms with Gasteiger partial charge in [-0.25, -0.2) is 14.4 Å². The maximum absolute atomic E-state index is 13.2. The summed E-state index contributed by atoms with van der Waals surface area (Å²) in [5.74, 6) is -0.453. The van der Waals surface area contributed by atoms with Crippen LogP contribution < -0.4 is 10.9 Å². The van der Waals surface area contributed by atoms with Crippen molar-refractivity contribution in [2.75, 3.05) is 31.6 Å². The zero-order valence-corrected chi connectivity index (χ0v) is 17.3. The first-order valence-corrected chi connectivity index (χ1v) is 10.4. The van der Waals surface area contributed by atoms with E-state index in [4.69, 9.17) is 0 Å². The van der Waals surface area contributed by atoms with Crippen LogP contribution in [0.15, 0.2) is 36.9 Å². The van der Waals surface area contributed by atoms with E-state index in [0.29, 0.717) is 24.7 Å². The van der Waals surface area contributed by atoms with E-state index in [1.807, 2.05) is 4.90 Å². The molecule has 1 aromatic heterocycles. The quantitative estimate of drug-likeness (QED) is 0.519. The molecule has 0 bridgehead atoms. The molecule has 2 aliphatic heterocycles. The van der Waals surface area contributed by atoms with Gasteiger partial charge in [0, 0.05) is 43.6 Å². The van der Waals surface area contributed by atoms with E-state index in [0.717, 1.165) is 38.1 Å². The molecule has 2 aliphatic rings. The number of benzene rings is 1. The maximum atomic E-state index is 13.2. The Morgan fingerprint density at radius 2 is 1.94 bits per heavy atom. The van der Waals surface area contributed by atoms with Crippen molar-refractivity contribution < 1.29 is 22.4 Å². The van der Waals surface area contributed by atoms with Gasteiger partial charge in [0.15, 0.2) is 0 Å². The summed E-state index contributed by atoms with van der Waals surface area (Å²) in [5, 5.41) is 0. The van der Waals surface area contributed by atoms with Crippen LogP contribution in [-0.4, -0.2) is 57.9 Å². The molecule has 0 saturated carbocycles. The molecule has 2 N–H and O–H groups in total. The first kappa shape index (κ1) is 22.4. The molecule has 2 saturated heterocycles. The first-order chi connectivity index (χ1) is 15.3. The minimum absolute atomic E-state index is 0.0514. The molecular weight excluding hydrogens is 428 g/mol. The molecule has 172 valence electrons. The second-order valence-corrected chi connectivity index (χ2v) is 8.07. The Kier molecular flexibility index (Phi) is 6.56. The Morgan fingerprint density at radius 1 is 1.16 bits per heavy atom. The molecule has 2 atom stereocenters. The molecule has 4 rings (SSSR count). The van der Waals surface area contributed by atoms with Crippen molar-refractivity contribution in [3.63, 3.8) is 0 Å². The summed E-state index contributed by atoms with van der Waals surface area (Å²) < 4.78 is 52.4. The van der Waals surface area contributed by atoms with E-state index in [2.05, 4.69) is 25.7 Å². The molecule has 1 unspecified atom stereocenters. The number of aromatic nitrogens is 2. The van der Waals surface area contributed by atoms with Crippen LogP contribution in [0.4, 0.5) is 23.2 Å². The van der Waals surface area contributed by atoms with Gasteiger partial charge >= 0.3 is 6.18 Å². The number of nitrogens with one attached hydrogen (secondary N) is 2. The van der Waals surface area contributed by atoms with Crippen LogP contribution in [0, 0.1) is 0 Å². The lowest BCUT2D eigenvalue weighted by molar-refractivity contribution is -0.137. The second kappa shape index (κ2) is 9.37. The van der Waals surface area contributed by atoms with E-state index in [1.165, 1.54) is 12.4 Å². The summed E-state index contributed by atoms with van der Waals surface area (Å²) in [4.78, 5) is 25.6. The average molecular weight is 452 g/mol. The summed E-state index contributed by atoms with van der Waals surface area (Å²) in [5.41, 5.74) is 4.43. The number of halogens is 4. The average Bonchev–Trinajstić information content (AvgIpc) is 3.26. The second-order valence-electron chi connectivity index (χ2n) is 8.07. The molecule has 0 spiro atoms. The molecule has 0 radical (unpaired) electrons. The number of fused-ring (bicyclic) bond motifs is 1. The maximum Gasteiger partial charge on any atom is 0.416 e. The smallest absolute Gasteiger partial charge is 0.299 e. The SMILES string of the molecule is O=C(NNc1cc(CF)cc(C(F)(F)F)c1)C(c1cncnc1)N1CCN2CCC[C@@H]2C1. The molecular formula is C21H24F4N6O. The summed E-state index contributed by atoms with van der Waals surface area (Å²) in [7, 11) is 0. The Labute approximate surface area is 182 Å². The lowest BCUT2D eigenvalue weighted by Gasteiger charge is -2.40. The molecule has 2 aromatic rings. The molecule has 2 fully saturated rings. The number of hydrogen-bond acceptors (Lipinski definition) is 6. The predicted octanol–water partition coefficient (Wildman–Crippen LogP) is 2.93. The summed E-state index contributed by atoms with van der Waals surface area (Å²) in [6.45, 7) is 2.20. The number of rotatable bonds is 6. The molecule has 3 heterocycles. The minimum atomic E-state index is -4.63. The van der Waals surface area contributed by atoms with Crippen molar-refractivity contribution in [3.8, 4) is 0 Å². The largest absolute Gasteiger partial charge is 0.416 e. The van der Waals surface area contributed by atoms with Gasteiger partial charge < -0.3 is 0 Å². The highest BCUT2D eigenvalue weighted by atomic mass is 19.4. The normalized spacial score (nSPS) is 20.6. The van der Waals surface area contributed by atoms with Crippen molar-refractivity contribution in [2.45, 2.75) is 37.8 Å². The third kappa shape index (κ3) is 4.99. The third-order valence-corrected chi connectivity index (χ3v) is 5.93. The number of carbonyl (C=O) groups excluding carboxylic acids is 1. The lowest BCUT2D eigenvalue weighted by Crippen LogP contribution is -2.54. The summed E-state index contributed by atoms with van der Waals surface area (Å²) >= 11 is 0. The van der Waals surface area contributed by atoms with E-state index in [9.17, 15) is 22.4 Å². The number of anilines is 1. The lowest BCUT2D eigenvalue weighted by atomic mass is 10.0. The highest BCUT2D eigenvalue weighted by Crippen LogP contribution is 2.32. The topological polar surface area (TPSA) is 73.4 Å². The number of amides is 1. The molecule has 11 heteroatoms. The molecule has 7 nitrogen and oxygen atoms in total. The Hall–Kier alpha value is -2.79. The fourth-order valence-electron chi connectivity index (χ4n) is 4.44. The number of hydrazine groups is 1. The first-order valence-electron chi connectivity index (χ1n) is 10.4. The van der Waals surface area contributed by atoms with Crippen molar-refractivity contribution in [1.29, 1.82) is 0 Å². The van der Waals surface area contributed by atoms with Crippen LogP contribution in [0.25, 0.3) is 0 Å². The van der Waals surface area contributed by atoms with Crippen LogP contribution >= 0.6 is 0 Å². The Morgan fingerprint density at radius 3 is 2.66 bits per heavy atom. The highest BCUT2D eigenvalue weighted by Gasteiger charge is 2.37. The summed E-state index contributed by atoms with van der Waals surface area (Å²) in [6.07, 6.45) is 2.04. The van der Waals surface area contributed by atoms with Crippen LogP contribution in [0.5, 0.6) is 0 Å².